The van der Waals surface area contributed by atoms with Crippen LogP contribution in [0, 0.1) is 0 Å². The third kappa shape index (κ3) is 8.27. The second-order valence-corrected chi connectivity index (χ2v) is 6.82. The first-order valence-electron chi connectivity index (χ1n) is 8.34. The third-order valence-electron chi connectivity index (χ3n) is 3.51. The predicted octanol–water partition coefficient (Wildman–Crippen LogP) is 2.37. The van der Waals surface area contributed by atoms with E-state index in [-0.39, 0.29) is 6.09 Å². The number of nitrogens with one attached hydrogen (secondary N) is 2. The van der Waals surface area contributed by atoms with Crippen LogP contribution in [-0.4, -0.2) is 55.4 Å². The van der Waals surface area contributed by atoms with E-state index < -0.39 is 5.60 Å². The summed E-state index contributed by atoms with van der Waals surface area (Å²) in [6.45, 7) is 12.2. The highest BCUT2D eigenvalue weighted by Gasteiger charge is 2.21. The van der Waals surface area contributed by atoms with Crippen molar-refractivity contribution in [2.75, 3.05) is 32.7 Å². The number of carbonyl (C=O) groups excluding carboxylic acids is 1. The fraction of sp³-hybridized carbons (Fsp3) is 0.938. The van der Waals surface area contributed by atoms with Crippen molar-refractivity contribution in [1.29, 1.82) is 0 Å². The molecule has 1 aliphatic rings. The first-order chi connectivity index (χ1) is 9.92. The average molecular weight is 299 g/mol. The summed E-state index contributed by atoms with van der Waals surface area (Å²) in [6, 6.07) is 0.583. The minimum atomic E-state index is -0.428. The molecule has 0 aliphatic carbocycles. The molecule has 5 heteroatoms. The molecule has 1 amide bonds. The average Bonchev–Trinajstić information content (AvgIpc) is 2.41. The molecule has 5 nitrogen and oxygen atoms in total. The number of hydrogen-bond acceptors (Lipinski definition) is 4. The Labute approximate surface area is 129 Å². The molecular weight excluding hydrogens is 266 g/mol. The lowest BCUT2D eigenvalue weighted by atomic mass is 10.1. The van der Waals surface area contributed by atoms with Crippen molar-refractivity contribution in [2.24, 2.45) is 0 Å². The molecule has 0 bridgehead atoms. The smallest absolute Gasteiger partial charge is 0.410 e. The number of rotatable bonds is 7. The second-order valence-electron chi connectivity index (χ2n) is 6.82. The standard InChI is InChI=1S/C16H33N3O2/c1-5-11-19(15(20)21-16(2,3)4)12-10-17-13-14-8-6-7-9-18-14/h14,17-18H,5-13H2,1-4H3. The van der Waals surface area contributed by atoms with Crippen LogP contribution in [0.4, 0.5) is 4.79 Å². The SMILES string of the molecule is CCCN(CCNCC1CCCCN1)C(=O)OC(C)(C)C. The van der Waals surface area contributed by atoms with E-state index in [2.05, 4.69) is 17.6 Å². The van der Waals surface area contributed by atoms with Gasteiger partial charge in [0.1, 0.15) is 5.60 Å². The number of amides is 1. The minimum absolute atomic E-state index is 0.207. The molecule has 0 radical (unpaired) electrons. The summed E-state index contributed by atoms with van der Waals surface area (Å²) in [7, 11) is 0. The van der Waals surface area contributed by atoms with Crippen LogP contribution in [0.1, 0.15) is 53.4 Å². The maximum atomic E-state index is 12.1. The summed E-state index contributed by atoms with van der Waals surface area (Å²) in [6.07, 6.45) is 4.60. The fourth-order valence-corrected chi connectivity index (χ4v) is 2.48. The van der Waals surface area contributed by atoms with Crippen LogP contribution in [0.5, 0.6) is 0 Å². The van der Waals surface area contributed by atoms with Gasteiger partial charge in [-0.05, 0) is 46.6 Å². The van der Waals surface area contributed by atoms with Crippen molar-refractivity contribution in [2.45, 2.75) is 65.0 Å². The zero-order chi connectivity index (χ0) is 15.7. The fourth-order valence-electron chi connectivity index (χ4n) is 2.48. The Morgan fingerprint density at radius 1 is 1.33 bits per heavy atom. The van der Waals surface area contributed by atoms with Crippen LogP contribution in [-0.2, 0) is 4.74 Å². The van der Waals surface area contributed by atoms with Crippen LogP contribution < -0.4 is 10.6 Å². The van der Waals surface area contributed by atoms with E-state index in [1.54, 1.807) is 4.90 Å². The Hall–Kier alpha value is -0.810. The highest BCUT2D eigenvalue weighted by Crippen LogP contribution is 2.10. The highest BCUT2D eigenvalue weighted by molar-refractivity contribution is 5.68. The van der Waals surface area contributed by atoms with Gasteiger partial charge in [-0.3, -0.25) is 0 Å². The Morgan fingerprint density at radius 2 is 2.10 bits per heavy atom. The molecule has 0 aromatic carbocycles. The topological polar surface area (TPSA) is 53.6 Å². The van der Waals surface area contributed by atoms with Gasteiger partial charge in [-0.1, -0.05) is 13.3 Å². The van der Waals surface area contributed by atoms with Gasteiger partial charge in [0.15, 0.2) is 0 Å². The quantitative estimate of drug-likeness (QED) is 0.709. The summed E-state index contributed by atoms with van der Waals surface area (Å²) in [4.78, 5) is 13.9. The lowest BCUT2D eigenvalue weighted by Crippen LogP contribution is -2.45. The molecule has 21 heavy (non-hydrogen) atoms. The molecule has 1 aliphatic heterocycles. The molecule has 0 aromatic heterocycles. The van der Waals surface area contributed by atoms with Crippen molar-refractivity contribution in [3.63, 3.8) is 0 Å². The zero-order valence-electron chi connectivity index (χ0n) is 14.2. The van der Waals surface area contributed by atoms with Crippen molar-refractivity contribution in [1.82, 2.24) is 15.5 Å². The third-order valence-corrected chi connectivity index (χ3v) is 3.51. The second kappa shape index (κ2) is 9.26. The van der Waals surface area contributed by atoms with Gasteiger partial charge < -0.3 is 20.3 Å². The van der Waals surface area contributed by atoms with E-state index in [0.717, 1.165) is 32.6 Å². The van der Waals surface area contributed by atoms with Gasteiger partial charge in [-0.15, -0.1) is 0 Å². The maximum Gasteiger partial charge on any atom is 0.410 e. The Morgan fingerprint density at radius 3 is 2.67 bits per heavy atom. The molecule has 1 saturated heterocycles. The molecule has 1 fully saturated rings. The maximum absolute atomic E-state index is 12.1. The van der Waals surface area contributed by atoms with Crippen LogP contribution in [0.3, 0.4) is 0 Å². The molecule has 0 spiro atoms. The normalized spacial score (nSPS) is 19.3. The number of nitrogens with zero attached hydrogens (tertiary/aromatic N) is 1. The Balaban J connectivity index is 2.25. The van der Waals surface area contributed by atoms with Crippen LogP contribution in [0.25, 0.3) is 0 Å². The van der Waals surface area contributed by atoms with Crippen molar-refractivity contribution >= 4 is 6.09 Å². The van der Waals surface area contributed by atoms with Crippen LogP contribution in [0.15, 0.2) is 0 Å². The van der Waals surface area contributed by atoms with Gasteiger partial charge in [-0.25, -0.2) is 4.79 Å². The monoisotopic (exact) mass is 299 g/mol. The van der Waals surface area contributed by atoms with E-state index in [1.807, 2.05) is 20.8 Å². The summed E-state index contributed by atoms with van der Waals surface area (Å²) >= 11 is 0. The lowest BCUT2D eigenvalue weighted by Gasteiger charge is -2.28. The van der Waals surface area contributed by atoms with E-state index in [1.165, 1.54) is 19.3 Å². The molecule has 1 rings (SSSR count). The summed E-state index contributed by atoms with van der Waals surface area (Å²) in [5.74, 6) is 0. The van der Waals surface area contributed by atoms with E-state index in [0.29, 0.717) is 12.6 Å². The van der Waals surface area contributed by atoms with Gasteiger partial charge in [0.2, 0.25) is 0 Å². The number of ether oxygens (including phenoxy) is 1. The van der Waals surface area contributed by atoms with Gasteiger partial charge in [0, 0.05) is 32.2 Å². The summed E-state index contributed by atoms with van der Waals surface area (Å²) in [5, 5.41) is 6.97. The largest absolute Gasteiger partial charge is 0.444 e. The summed E-state index contributed by atoms with van der Waals surface area (Å²) < 4.78 is 5.45. The molecule has 1 unspecified atom stereocenters. The Bertz CT molecular complexity index is 296. The molecule has 124 valence electrons. The van der Waals surface area contributed by atoms with Crippen molar-refractivity contribution in [3.8, 4) is 0 Å². The van der Waals surface area contributed by atoms with Crippen molar-refractivity contribution < 1.29 is 9.53 Å². The molecule has 0 aromatic rings. The first-order valence-corrected chi connectivity index (χ1v) is 8.34. The molecular formula is C16H33N3O2. The molecule has 1 heterocycles. The van der Waals surface area contributed by atoms with Gasteiger partial charge in [0.05, 0.1) is 0 Å². The molecule has 0 saturated carbocycles. The molecule has 1 atom stereocenters. The number of piperidine rings is 1. The number of carbonyl (C=O) groups is 1. The highest BCUT2D eigenvalue weighted by atomic mass is 16.6. The zero-order valence-corrected chi connectivity index (χ0v) is 14.2. The predicted molar refractivity (Wildman–Crippen MR) is 86.6 cm³/mol. The van der Waals surface area contributed by atoms with Gasteiger partial charge in [-0.2, -0.15) is 0 Å². The minimum Gasteiger partial charge on any atom is -0.444 e. The summed E-state index contributed by atoms with van der Waals surface area (Å²) in [5.41, 5.74) is -0.428. The van der Waals surface area contributed by atoms with E-state index in [4.69, 9.17) is 4.74 Å². The lowest BCUT2D eigenvalue weighted by molar-refractivity contribution is 0.0252. The van der Waals surface area contributed by atoms with E-state index >= 15 is 0 Å². The first kappa shape index (κ1) is 18.2. The van der Waals surface area contributed by atoms with E-state index in [9.17, 15) is 4.79 Å². The Kier molecular flexibility index (Phi) is 8.04. The van der Waals surface area contributed by atoms with Crippen molar-refractivity contribution in [3.05, 3.63) is 0 Å². The number of hydrogen-bond donors (Lipinski definition) is 2. The van der Waals surface area contributed by atoms with Gasteiger partial charge in [0.25, 0.3) is 0 Å². The molecule has 2 N–H and O–H groups in total. The van der Waals surface area contributed by atoms with Gasteiger partial charge >= 0.3 is 6.09 Å². The van der Waals surface area contributed by atoms with Crippen LogP contribution in [0.2, 0.25) is 0 Å². The van der Waals surface area contributed by atoms with Crippen LogP contribution >= 0.6 is 0 Å².